The molecule has 0 amide bonds. The van der Waals surface area contributed by atoms with Gasteiger partial charge in [-0.3, -0.25) is 4.98 Å². The summed E-state index contributed by atoms with van der Waals surface area (Å²) in [5.41, 5.74) is 2.66. The summed E-state index contributed by atoms with van der Waals surface area (Å²) in [5, 5.41) is 0. The topological polar surface area (TPSA) is 22.1 Å². The van der Waals surface area contributed by atoms with Crippen LogP contribution in [0.1, 0.15) is 44.7 Å². The minimum atomic E-state index is 0.139. The van der Waals surface area contributed by atoms with E-state index in [9.17, 15) is 0 Å². The maximum atomic E-state index is 5.83. The average Bonchev–Trinajstić information content (AvgIpc) is 2.90. The fourth-order valence-electron chi connectivity index (χ4n) is 1.75. The van der Waals surface area contributed by atoms with Gasteiger partial charge in [-0.25, -0.2) is 0 Å². The van der Waals surface area contributed by atoms with Crippen LogP contribution in [0.4, 0.5) is 0 Å². The maximum absolute atomic E-state index is 5.83. The molecule has 1 aliphatic rings. The highest BCUT2D eigenvalue weighted by atomic mass is 16.5. The Morgan fingerprint density at radius 2 is 1.93 bits per heavy atom. The molecule has 2 rings (SSSR count). The van der Waals surface area contributed by atoms with Crippen molar-refractivity contribution in [1.29, 1.82) is 0 Å². The second-order valence-electron chi connectivity index (χ2n) is 5.38. The van der Waals surface area contributed by atoms with E-state index in [1.54, 1.807) is 0 Å². The van der Waals surface area contributed by atoms with Crippen LogP contribution in [0.25, 0.3) is 0 Å². The third kappa shape index (κ3) is 2.31. The van der Waals surface area contributed by atoms with Gasteiger partial charge in [0.1, 0.15) is 5.75 Å². The molecule has 0 atom stereocenters. The molecule has 1 aliphatic carbocycles. The summed E-state index contributed by atoms with van der Waals surface area (Å²) < 4.78 is 5.83. The second kappa shape index (κ2) is 3.51. The fourth-order valence-corrected chi connectivity index (χ4v) is 1.75. The molecule has 1 saturated carbocycles. The van der Waals surface area contributed by atoms with E-state index in [0.29, 0.717) is 6.10 Å². The number of ether oxygens (including phenoxy) is 1. The van der Waals surface area contributed by atoms with Crippen molar-refractivity contribution in [2.75, 3.05) is 0 Å². The van der Waals surface area contributed by atoms with Crippen molar-refractivity contribution in [3.63, 3.8) is 0 Å². The van der Waals surface area contributed by atoms with Crippen LogP contribution in [-0.4, -0.2) is 11.1 Å². The largest absolute Gasteiger partial charge is 0.489 e. The Labute approximate surface area is 91.7 Å². The van der Waals surface area contributed by atoms with Crippen LogP contribution >= 0.6 is 0 Å². The molecule has 2 heteroatoms. The van der Waals surface area contributed by atoms with Gasteiger partial charge in [0.15, 0.2) is 0 Å². The molecule has 0 spiro atoms. The Balaban J connectivity index is 2.31. The normalized spacial score (nSPS) is 16.5. The zero-order valence-corrected chi connectivity index (χ0v) is 10.0. The SMILES string of the molecule is Cc1c(OC2CC2)cncc1C(C)(C)C. The third-order valence-electron chi connectivity index (χ3n) is 2.80. The zero-order chi connectivity index (χ0) is 11.1. The lowest BCUT2D eigenvalue weighted by Crippen LogP contribution is -2.14. The van der Waals surface area contributed by atoms with Crippen molar-refractivity contribution >= 4 is 0 Å². The summed E-state index contributed by atoms with van der Waals surface area (Å²) in [4.78, 5) is 4.27. The van der Waals surface area contributed by atoms with Crippen molar-refractivity contribution in [3.05, 3.63) is 23.5 Å². The van der Waals surface area contributed by atoms with Crippen molar-refractivity contribution < 1.29 is 4.74 Å². The van der Waals surface area contributed by atoms with E-state index in [4.69, 9.17) is 4.74 Å². The third-order valence-corrected chi connectivity index (χ3v) is 2.80. The van der Waals surface area contributed by atoms with Crippen LogP contribution < -0.4 is 4.74 Å². The lowest BCUT2D eigenvalue weighted by Gasteiger charge is -2.22. The minimum absolute atomic E-state index is 0.139. The molecule has 0 N–H and O–H groups in total. The molecule has 1 aromatic rings. The van der Waals surface area contributed by atoms with E-state index in [1.165, 1.54) is 24.0 Å². The Hall–Kier alpha value is -1.05. The van der Waals surface area contributed by atoms with E-state index >= 15 is 0 Å². The van der Waals surface area contributed by atoms with Crippen LogP contribution in [0.5, 0.6) is 5.75 Å². The van der Waals surface area contributed by atoms with Crippen molar-refractivity contribution in [2.45, 2.75) is 52.1 Å². The quantitative estimate of drug-likeness (QED) is 0.739. The fraction of sp³-hybridized carbons (Fsp3) is 0.615. The Kier molecular flexibility index (Phi) is 2.45. The van der Waals surface area contributed by atoms with Gasteiger partial charge in [-0.05, 0) is 36.3 Å². The number of hydrogen-bond acceptors (Lipinski definition) is 2. The average molecular weight is 205 g/mol. The van der Waals surface area contributed by atoms with Crippen molar-refractivity contribution in [3.8, 4) is 5.75 Å². The summed E-state index contributed by atoms with van der Waals surface area (Å²) in [6, 6.07) is 0. The summed E-state index contributed by atoms with van der Waals surface area (Å²) in [6.07, 6.45) is 6.62. The molecule has 15 heavy (non-hydrogen) atoms. The van der Waals surface area contributed by atoms with Gasteiger partial charge >= 0.3 is 0 Å². The monoisotopic (exact) mass is 205 g/mol. The van der Waals surface area contributed by atoms with Gasteiger partial charge < -0.3 is 4.74 Å². The summed E-state index contributed by atoms with van der Waals surface area (Å²) in [7, 11) is 0. The number of rotatable bonds is 2. The van der Waals surface area contributed by atoms with E-state index in [1.807, 2.05) is 12.4 Å². The van der Waals surface area contributed by atoms with E-state index in [0.717, 1.165) is 5.75 Å². The van der Waals surface area contributed by atoms with E-state index in [-0.39, 0.29) is 5.41 Å². The standard InChI is InChI=1S/C13H19NO/c1-9-11(13(2,3)4)7-14-8-12(9)15-10-5-6-10/h7-8,10H,5-6H2,1-4H3. The lowest BCUT2D eigenvalue weighted by atomic mass is 9.85. The van der Waals surface area contributed by atoms with Gasteiger partial charge in [-0.1, -0.05) is 20.8 Å². The molecule has 0 unspecified atom stereocenters. The molecule has 0 radical (unpaired) electrons. The number of nitrogens with zero attached hydrogens (tertiary/aromatic N) is 1. The van der Waals surface area contributed by atoms with Crippen LogP contribution in [0.3, 0.4) is 0 Å². The Bertz CT molecular complexity index is 361. The number of pyridine rings is 1. The van der Waals surface area contributed by atoms with Crippen molar-refractivity contribution in [1.82, 2.24) is 4.98 Å². The first-order chi connectivity index (χ1) is 6.98. The molecular weight excluding hydrogens is 186 g/mol. The lowest BCUT2D eigenvalue weighted by molar-refractivity contribution is 0.298. The predicted molar refractivity (Wildman–Crippen MR) is 61.3 cm³/mol. The van der Waals surface area contributed by atoms with E-state index in [2.05, 4.69) is 32.7 Å². The molecule has 2 nitrogen and oxygen atoms in total. The molecule has 0 aliphatic heterocycles. The van der Waals surface area contributed by atoms with Gasteiger partial charge in [0.05, 0.1) is 12.3 Å². The molecular formula is C13H19NO. The summed E-state index contributed by atoms with van der Waals surface area (Å²) >= 11 is 0. The molecule has 82 valence electrons. The van der Waals surface area contributed by atoms with E-state index < -0.39 is 0 Å². The number of aromatic nitrogens is 1. The molecule has 1 aromatic heterocycles. The smallest absolute Gasteiger partial charge is 0.141 e. The predicted octanol–water partition coefficient (Wildman–Crippen LogP) is 3.23. The first-order valence-corrected chi connectivity index (χ1v) is 5.60. The van der Waals surface area contributed by atoms with Crippen LogP contribution in [0, 0.1) is 6.92 Å². The minimum Gasteiger partial charge on any atom is -0.489 e. The molecule has 0 bridgehead atoms. The molecule has 0 saturated heterocycles. The highest BCUT2D eigenvalue weighted by Crippen LogP contribution is 2.33. The van der Waals surface area contributed by atoms with Gasteiger partial charge in [0, 0.05) is 6.20 Å². The van der Waals surface area contributed by atoms with Gasteiger partial charge in [-0.15, -0.1) is 0 Å². The highest BCUT2D eigenvalue weighted by molar-refractivity contribution is 5.39. The number of hydrogen-bond donors (Lipinski definition) is 0. The molecule has 1 fully saturated rings. The van der Waals surface area contributed by atoms with Gasteiger partial charge in [0.2, 0.25) is 0 Å². The van der Waals surface area contributed by atoms with Gasteiger partial charge in [0.25, 0.3) is 0 Å². The summed E-state index contributed by atoms with van der Waals surface area (Å²) in [5.74, 6) is 0.963. The summed E-state index contributed by atoms with van der Waals surface area (Å²) in [6.45, 7) is 8.74. The van der Waals surface area contributed by atoms with Crippen LogP contribution in [0.15, 0.2) is 12.4 Å². The van der Waals surface area contributed by atoms with Crippen molar-refractivity contribution in [2.24, 2.45) is 0 Å². The highest BCUT2D eigenvalue weighted by Gasteiger charge is 2.26. The maximum Gasteiger partial charge on any atom is 0.141 e. The molecule has 0 aromatic carbocycles. The van der Waals surface area contributed by atoms with Crippen LogP contribution in [0.2, 0.25) is 0 Å². The van der Waals surface area contributed by atoms with Crippen LogP contribution in [-0.2, 0) is 5.41 Å². The molecule has 1 heterocycles. The zero-order valence-electron chi connectivity index (χ0n) is 10.0. The Morgan fingerprint density at radius 1 is 1.27 bits per heavy atom. The second-order valence-corrected chi connectivity index (χ2v) is 5.38. The first kappa shape index (κ1) is 10.5. The van der Waals surface area contributed by atoms with Gasteiger partial charge in [-0.2, -0.15) is 0 Å². The first-order valence-electron chi connectivity index (χ1n) is 5.60. The Morgan fingerprint density at radius 3 is 2.47 bits per heavy atom.